The maximum atomic E-state index is 12.3. The molecule has 0 aromatic heterocycles. The van der Waals surface area contributed by atoms with Crippen molar-refractivity contribution in [3.05, 3.63) is 34.9 Å². The number of carbonyl (C=O) groups is 1. The maximum Gasteiger partial charge on any atom is 0.225 e. The molecule has 21 heavy (non-hydrogen) atoms. The van der Waals surface area contributed by atoms with Crippen LogP contribution in [0.15, 0.2) is 18.2 Å². The van der Waals surface area contributed by atoms with Gasteiger partial charge in [0.05, 0.1) is 12.5 Å². The highest BCUT2D eigenvalue weighted by Gasteiger charge is 2.35. The summed E-state index contributed by atoms with van der Waals surface area (Å²) in [5.74, 6) is 0.613. The zero-order valence-corrected chi connectivity index (χ0v) is 13.2. The first kappa shape index (κ1) is 15.6. The standard InChI is InChI=1S/C18H24N2O/c1-13-6-8-18(12-19,9-7-13)20-17(21)11-16-10-14(2)4-5-15(16)3/h4-5,10,13H,6-9,11H2,1-3H3,(H,20,21). The number of nitrogens with one attached hydrogen (secondary N) is 1. The van der Waals surface area contributed by atoms with Gasteiger partial charge in [0.25, 0.3) is 0 Å². The Hall–Kier alpha value is -1.82. The lowest BCUT2D eigenvalue weighted by Crippen LogP contribution is -2.50. The Kier molecular flexibility index (Phi) is 4.67. The summed E-state index contributed by atoms with van der Waals surface area (Å²) in [6.45, 7) is 6.25. The van der Waals surface area contributed by atoms with Crippen LogP contribution in [0.25, 0.3) is 0 Å². The minimum absolute atomic E-state index is 0.0418. The van der Waals surface area contributed by atoms with E-state index in [9.17, 15) is 10.1 Å². The zero-order chi connectivity index (χ0) is 15.5. The molecule has 0 atom stereocenters. The molecule has 1 amide bonds. The fourth-order valence-corrected chi connectivity index (χ4v) is 2.99. The van der Waals surface area contributed by atoms with Crippen molar-refractivity contribution < 1.29 is 4.79 Å². The van der Waals surface area contributed by atoms with Crippen LogP contribution in [0.2, 0.25) is 0 Å². The highest BCUT2D eigenvalue weighted by Crippen LogP contribution is 2.31. The fraction of sp³-hybridized carbons (Fsp3) is 0.556. The van der Waals surface area contributed by atoms with Gasteiger partial charge in [-0.1, -0.05) is 30.7 Å². The monoisotopic (exact) mass is 284 g/mol. The molecule has 1 N–H and O–H groups in total. The van der Waals surface area contributed by atoms with Gasteiger partial charge in [0.1, 0.15) is 5.54 Å². The quantitative estimate of drug-likeness (QED) is 0.924. The van der Waals surface area contributed by atoms with Crippen LogP contribution in [-0.4, -0.2) is 11.4 Å². The van der Waals surface area contributed by atoms with Crippen molar-refractivity contribution in [2.45, 2.75) is 58.4 Å². The lowest BCUT2D eigenvalue weighted by Gasteiger charge is -2.34. The van der Waals surface area contributed by atoms with E-state index in [0.29, 0.717) is 12.3 Å². The van der Waals surface area contributed by atoms with Crippen LogP contribution in [0.5, 0.6) is 0 Å². The average Bonchev–Trinajstić information content (AvgIpc) is 2.46. The van der Waals surface area contributed by atoms with Crippen LogP contribution in [-0.2, 0) is 11.2 Å². The topological polar surface area (TPSA) is 52.9 Å². The Morgan fingerprint density at radius 3 is 2.67 bits per heavy atom. The third-order valence-corrected chi connectivity index (χ3v) is 4.58. The molecule has 0 spiro atoms. The molecule has 0 aliphatic heterocycles. The Morgan fingerprint density at radius 1 is 1.38 bits per heavy atom. The molecule has 1 aliphatic carbocycles. The molecule has 0 bridgehead atoms. The molecule has 1 aromatic rings. The van der Waals surface area contributed by atoms with Crippen molar-refractivity contribution in [2.75, 3.05) is 0 Å². The van der Waals surface area contributed by atoms with Crippen molar-refractivity contribution in [3.8, 4) is 6.07 Å². The smallest absolute Gasteiger partial charge is 0.225 e. The molecule has 3 heteroatoms. The Bertz CT molecular complexity index is 563. The van der Waals surface area contributed by atoms with Crippen LogP contribution >= 0.6 is 0 Å². The number of amides is 1. The Balaban J connectivity index is 2.04. The lowest BCUT2D eigenvalue weighted by atomic mass is 9.78. The predicted molar refractivity (Wildman–Crippen MR) is 83.7 cm³/mol. The van der Waals surface area contributed by atoms with E-state index in [4.69, 9.17) is 0 Å². The summed E-state index contributed by atoms with van der Waals surface area (Å²) in [4.78, 5) is 12.3. The molecule has 2 rings (SSSR count). The number of benzene rings is 1. The van der Waals surface area contributed by atoms with E-state index in [-0.39, 0.29) is 5.91 Å². The summed E-state index contributed by atoms with van der Waals surface area (Å²) in [5, 5.41) is 12.5. The van der Waals surface area contributed by atoms with Gasteiger partial charge in [0.15, 0.2) is 0 Å². The zero-order valence-electron chi connectivity index (χ0n) is 13.2. The van der Waals surface area contributed by atoms with Crippen molar-refractivity contribution in [1.82, 2.24) is 5.32 Å². The lowest BCUT2D eigenvalue weighted by molar-refractivity contribution is -0.122. The Labute approximate surface area is 127 Å². The number of nitriles is 1. The average molecular weight is 284 g/mol. The molecule has 1 aliphatic rings. The molecule has 0 unspecified atom stereocenters. The summed E-state index contributed by atoms with van der Waals surface area (Å²) in [7, 11) is 0. The SMILES string of the molecule is Cc1ccc(C)c(CC(=O)NC2(C#N)CCC(C)CC2)c1. The third-order valence-electron chi connectivity index (χ3n) is 4.58. The van der Waals surface area contributed by atoms with E-state index in [1.54, 1.807) is 0 Å². The molecule has 3 nitrogen and oxygen atoms in total. The van der Waals surface area contributed by atoms with E-state index >= 15 is 0 Å². The van der Waals surface area contributed by atoms with Crippen molar-refractivity contribution >= 4 is 5.91 Å². The largest absolute Gasteiger partial charge is 0.338 e. The third kappa shape index (κ3) is 3.85. The number of carbonyl (C=O) groups excluding carboxylic acids is 1. The van der Waals surface area contributed by atoms with E-state index < -0.39 is 5.54 Å². The highest BCUT2D eigenvalue weighted by atomic mass is 16.1. The van der Waals surface area contributed by atoms with Gasteiger partial charge in [0.2, 0.25) is 5.91 Å². The van der Waals surface area contributed by atoms with Crippen molar-refractivity contribution in [1.29, 1.82) is 5.26 Å². The number of hydrogen-bond acceptors (Lipinski definition) is 2. The van der Waals surface area contributed by atoms with Gasteiger partial charge in [-0.3, -0.25) is 4.79 Å². The molecule has 0 heterocycles. The molecule has 112 valence electrons. The molecule has 1 fully saturated rings. The van der Waals surface area contributed by atoms with Gasteiger partial charge in [-0.15, -0.1) is 0 Å². The molecule has 1 aromatic carbocycles. The van der Waals surface area contributed by atoms with Gasteiger partial charge in [0, 0.05) is 0 Å². The molecular weight excluding hydrogens is 260 g/mol. The first-order chi connectivity index (χ1) is 9.94. The van der Waals surface area contributed by atoms with Crippen LogP contribution in [0.4, 0.5) is 0 Å². The minimum atomic E-state index is -0.651. The highest BCUT2D eigenvalue weighted by molar-refractivity contribution is 5.80. The van der Waals surface area contributed by atoms with Gasteiger partial charge >= 0.3 is 0 Å². The van der Waals surface area contributed by atoms with Gasteiger partial charge in [-0.05, 0) is 56.6 Å². The summed E-state index contributed by atoms with van der Waals surface area (Å²) in [6, 6.07) is 8.49. The van der Waals surface area contributed by atoms with E-state index in [2.05, 4.69) is 30.4 Å². The number of hydrogen-bond donors (Lipinski definition) is 1. The number of nitrogens with zero attached hydrogens (tertiary/aromatic N) is 1. The fourth-order valence-electron chi connectivity index (χ4n) is 2.99. The second kappa shape index (κ2) is 6.30. The minimum Gasteiger partial charge on any atom is -0.338 e. The van der Waals surface area contributed by atoms with Crippen LogP contribution in [0.1, 0.15) is 49.3 Å². The van der Waals surface area contributed by atoms with Crippen molar-refractivity contribution in [3.63, 3.8) is 0 Å². The predicted octanol–water partition coefficient (Wildman–Crippen LogP) is 3.43. The normalized spacial score (nSPS) is 25.1. The van der Waals surface area contributed by atoms with Crippen molar-refractivity contribution in [2.24, 2.45) is 5.92 Å². The summed E-state index contributed by atoms with van der Waals surface area (Å²) >= 11 is 0. The van der Waals surface area contributed by atoms with Gasteiger partial charge < -0.3 is 5.32 Å². The Morgan fingerprint density at radius 2 is 2.05 bits per heavy atom. The van der Waals surface area contributed by atoms with Gasteiger partial charge in [-0.2, -0.15) is 5.26 Å². The summed E-state index contributed by atoms with van der Waals surface area (Å²) in [6.07, 6.45) is 3.91. The van der Waals surface area contributed by atoms with Crippen LogP contribution in [0, 0.1) is 31.1 Å². The van der Waals surface area contributed by atoms with E-state index in [0.717, 1.165) is 42.4 Å². The molecular formula is C18H24N2O. The van der Waals surface area contributed by atoms with Crippen LogP contribution in [0.3, 0.4) is 0 Å². The van der Waals surface area contributed by atoms with E-state index in [1.807, 2.05) is 19.9 Å². The first-order valence-corrected chi connectivity index (χ1v) is 7.72. The van der Waals surface area contributed by atoms with Crippen LogP contribution < -0.4 is 5.32 Å². The molecule has 0 radical (unpaired) electrons. The van der Waals surface area contributed by atoms with Gasteiger partial charge in [-0.25, -0.2) is 0 Å². The molecule has 0 saturated heterocycles. The second-order valence-corrected chi connectivity index (χ2v) is 6.53. The second-order valence-electron chi connectivity index (χ2n) is 6.53. The molecule has 1 saturated carbocycles. The van der Waals surface area contributed by atoms with E-state index in [1.165, 1.54) is 0 Å². The summed E-state index contributed by atoms with van der Waals surface area (Å²) in [5.41, 5.74) is 2.68. The number of aryl methyl sites for hydroxylation is 2. The first-order valence-electron chi connectivity index (χ1n) is 7.72. The summed E-state index contributed by atoms with van der Waals surface area (Å²) < 4.78 is 0. The number of rotatable bonds is 3. The maximum absolute atomic E-state index is 12.3.